The molecule has 0 aromatic carbocycles. The van der Waals surface area contributed by atoms with Gasteiger partial charge in [-0.1, -0.05) is 19.0 Å². The molecule has 106 valence electrons. The first-order chi connectivity index (χ1) is 9.15. The third-order valence-electron chi connectivity index (χ3n) is 4.09. The molecule has 5 unspecified atom stereocenters. The molecule has 3 rings (SSSR count). The van der Waals surface area contributed by atoms with Crippen LogP contribution in [0.2, 0.25) is 0 Å². The maximum absolute atomic E-state index is 9.90. The number of rotatable bonds is 2. The van der Waals surface area contributed by atoms with Gasteiger partial charge in [-0.2, -0.15) is 16.7 Å². The molecule has 1 aromatic heterocycles. The predicted molar refractivity (Wildman–Crippen MR) is 78.6 cm³/mol. The highest BCUT2D eigenvalue weighted by Crippen LogP contribution is 2.44. The molecule has 2 aliphatic rings. The minimum Gasteiger partial charge on any atom is -0.392 e. The van der Waals surface area contributed by atoms with E-state index >= 15 is 0 Å². The van der Waals surface area contributed by atoms with Crippen molar-refractivity contribution in [3.05, 3.63) is 11.7 Å². The Labute approximate surface area is 122 Å². The van der Waals surface area contributed by atoms with Crippen LogP contribution in [0.25, 0.3) is 0 Å². The number of aliphatic hydroxyl groups excluding tert-OH is 1. The van der Waals surface area contributed by atoms with Gasteiger partial charge in [-0.3, -0.25) is 0 Å². The van der Waals surface area contributed by atoms with Crippen LogP contribution < -0.4 is 0 Å². The molecule has 6 heteroatoms. The van der Waals surface area contributed by atoms with E-state index in [0.29, 0.717) is 21.6 Å². The van der Waals surface area contributed by atoms with Gasteiger partial charge in [-0.25, -0.2) is 0 Å². The lowest BCUT2D eigenvalue weighted by molar-refractivity contribution is 0.148. The second-order valence-corrected chi connectivity index (χ2v) is 8.46. The van der Waals surface area contributed by atoms with Crippen molar-refractivity contribution in [2.45, 2.75) is 60.9 Å². The smallest absolute Gasteiger partial charge is 0.232 e. The van der Waals surface area contributed by atoms with Crippen LogP contribution in [0.4, 0.5) is 0 Å². The van der Waals surface area contributed by atoms with Gasteiger partial charge in [0.15, 0.2) is 5.82 Å². The van der Waals surface area contributed by atoms with E-state index in [-0.39, 0.29) is 12.0 Å². The van der Waals surface area contributed by atoms with E-state index in [0.717, 1.165) is 30.8 Å². The van der Waals surface area contributed by atoms with Gasteiger partial charge in [0.05, 0.1) is 17.3 Å². The molecule has 0 bridgehead atoms. The Morgan fingerprint density at radius 3 is 2.79 bits per heavy atom. The summed E-state index contributed by atoms with van der Waals surface area (Å²) in [5.41, 5.74) is 0. The fraction of sp³-hybridized carbons (Fsp3) is 0.846. The quantitative estimate of drug-likeness (QED) is 0.906. The van der Waals surface area contributed by atoms with Crippen molar-refractivity contribution in [2.24, 2.45) is 0 Å². The van der Waals surface area contributed by atoms with E-state index in [2.05, 4.69) is 24.0 Å². The SMILES string of the molecule is CC1SCC(c2noc(C3CCCC3O)n2)SC1C. The van der Waals surface area contributed by atoms with Crippen molar-refractivity contribution in [3.63, 3.8) is 0 Å². The second kappa shape index (κ2) is 5.66. The number of aromatic nitrogens is 2. The molecule has 0 amide bonds. The van der Waals surface area contributed by atoms with Gasteiger partial charge in [0, 0.05) is 16.3 Å². The number of aliphatic hydroxyl groups is 1. The molecule has 1 aliphatic carbocycles. The van der Waals surface area contributed by atoms with E-state index < -0.39 is 0 Å². The molecule has 2 heterocycles. The van der Waals surface area contributed by atoms with E-state index in [4.69, 9.17) is 4.52 Å². The summed E-state index contributed by atoms with van der Waals surface area (Å²) in [7, 11) is 0. The molecule has 1 N–H and O–H groups in total. The van der Waals surface area contributed by atoms with Crippen molar-refractivity contribution in [3.8, 4) is 0 Å². The number of thioether (sulfide) groups is 2. The van der Waals surface area contributed by atoms with Gasteiger partial charge in [0.1, 0.15) is 0 Å². The highest BCUT2D eigenvalue weighted by molar-refractivity contribution is 8.07. The zero-order valence-corrected chi connectivity index (χ0v) is 12.9. The summed E-state index contributed by atoms with van der Waals surface area (Å²) in [6, 6.07) is 0. The molecular weight excluding hydrogens is 280 g/mol. The lowest BCUT2D eigenvalue weighted by atomic mass is 10.1. The first kappa shape index (κ1) is 13.8. The van der Waals surface area contributed by atoms with Crippen LogP contribution in [0.3, 0.4) is 0 Å². The molecule has 1 aromatic rings. The normalized spacial score (nSPS) is 39.6. The summed E-state index contributed by atoms with van der Waals surface area (Å²) in [5.74, 6) is 2.55. The number of nitrogens with zero attached hydrogens (tertiary/aromatic N) is 2. The van der Waals surface area contributed by atoms with Gasteiger partial charge < -0.3 is 9.63 Å². The van der Waals surface area contributed by atoms with Crippen molar-refractivity contribution in [1.29, 1.82) is 0 Å². The Kier molecular flexibility index (Phi) is 4.10. The molecular formula is C13H20N2O2S2. The summed E-state index contributed by atoms with van der Waals surface area (Å²) < 4.78 is 5.39. The summed E-state index contributed by atoms with van der Waals surface area (Å²) in [5, 5.41) is 15.7. The first-order valence-electron chi connectivity index (χ1n) is 6.93. The minimum absolute atomic E-state index is 0.0545. The van der Waals surface area contributed by atoms with Crippen molar-refractivity contribution in [1.82, 2.24) is 10.1 Å². The van der Waals surface area contributed by atoms with Crippen LogP contribution in [0.15, 0.2) is 4.52 Å². The van der Waals surface area contributed by atoms with Gasteiger partial charge in [0.2, 0.25) is 5.89 Å². The molecule has 5 atom stereocenters. The Morgan fingerprint density at radius 1 is 1.26 bits per heavy atom. The topological polar surface area (TPSA) is 59.2 Å². The fourth-order valence-electron chi connectivity index (χ4n) is 2.68. The van der Waals surface area contributed by atoms with E-state index in [1.54, 1.807) is 0 Å². The first-order valence-corrected chi connectivity index (χ1v) is 8.93. The Morgan fingerprint density at radius 2 is 2.11 bits per heavy atom. The van der Waals surface area contributed by atoms with Gasteiger partial charge >= 0.3 is 0 Å². The van der Waals surface area contributed by atoms with Crippen LogP contribution >= 0.6 is 23.5 Å². The maximum Gasteiger partial charge on any atom is 0.232 e. The van der Waals surface area contributed by atoms with E-state index in [9.17, 15) is 5.11 Å². The highest BCUT2D eigenvalue weighted by atomic mass is 32.2. The standard InChI is InChI=1S/C13H20N2O2S2/c1-7-8(2)19-11(6-18-7)12-14-13(17-15-12)9-4-3-5-10(9)16/h7-11,16H,3-6H2,1-2H3. The third-order valence-corrected chi connectivity index (χ3v) is 7.48. The molecule has 0 radical (unpaired) electrons. The number of hydrogen-bond donors (Lipinski definition) is 1. The van der Waals surface area contributed by atoms with Crippen LogP contribution in [-0.4, -0.2) is 37.6 Å². The Bertz CT molecular complexity index is 440. The zero-order valence-electron chi connectivity index (χ0n) is 11.3. The summed E-state index contributed by atoms with van der Waals surface area (Å²) in [6.45, 7) is 4.53. The molecule has 1 aliphatic heterocycles. The molecule has 4 nitrogen and oxygen atoms in total. The van der Waals surface area contributed by atoms with Crippen molar-refractivity contribution < 1.29 is 9.63 Å². The summed E-state index contributed by atoms with van der Waals surface area (Å²) >= 11 is 3.92. The zero-order chi connectivity index (χ0) is 13.4. The van der Waals surface area contributed by atoms with Crippen LogP contribution in [0.1, 0.15) is 56.0 Å². The summed E-state index contributed by atoms with van der Waals surface area (Å²) in [6.07, 6.45) is 2.56. The van der Waals surface area contributed by atoms with Crippen molar-refractivity contribution >= 4 is 23.5 Å². The Balaban J connectivity index is 1.71. The molecule has 1 saturated carbocycles. The van der Waals surface area contributed by atoms with Crippen LogP contribution in [0, 0.1) is 0 Å². The average Bonchev–Trinajstić information content (AvgIpc) is 3.01. The van der Waals surface area contributed by atoms with Gasteiger partial charge in [0.25, 0.3) is 0 Å². The van der Waals surface area contributed by atoms with Crippen LogP contribution in [-0.2, 0) is 0 Å². The van der Waals surface area contributed by atoms with Gasteiger partial charge in [-0.05, 0) is 19.3 Å². The van der Waals surface area contributed by atoms with Crippen molar-refractivity contribution in [2.75, 3.05) is 5.75 Å². The lowest BCUT2D eigenvalue weighted by Crippen LogP contribution is -2.22. The molecule has 2 fully saturated rings. The second-order valence-electron chi connectivity index (χ2n) is 5.46. The number of hydrogen-bond acceptors (Lipinski definition) is 6. The third kappa shape index (κ3) is 2.81. The fourth-order valence-corrected chi connectivity index (χ4v) is 5.51. The van der Waals surface area contributed by atoms with E-state index in [1.165, 1.54) is 0 Å². The molecule has 0 spiro atoms. The highest BCUT2D eigenvalue weighted by Gasteiger charge is 2.34. The largest absolute Gasteiger partial charge is 0.392 e. The molecule has 19 heavy (non-hydrogen) atoms. The lowest BCUT2D eigenvalue weighted by Gasteiger charge is -2.29. The van der Waals surface area contributed by atoms with Crippen LogP contribution in [0.5, 0.6) is 0 Å². The van der Waals surface area contributed by atoms with Gasteiger partial charge in [-0.15, -0.1) is 11.8 Å². The minimum atomic E-state index is -0.305. The maximum atomic E-state index is 9.90. The average molecular weight is 300 g/mol. The monoisotopic (exact) mass is 300 g/mol. The Hall–Kier alpha value is -0.200. The molecule has 1 saturated heterocycles. The van der Waals surface area contributed by atoms with E-state index in [1.807, 2.05) is 23.5 Å². The summed E-state index contributed by atoms with van der Waals surface area (Å²) in [4.78, 5) is 4.55. The predicted octanol–water partition coefficient (Wildman–Crippen LogP) is 3.00.